The number of rotatable bonds is 4. The SMILES string of the molecule is CCC(=O)Nc1ccc(-c2cn(-c3cccc(N)c3)nn2)cc1. The van der Waals surface area contributed by atoms with Gasteiger partial charge < -0.3 is 11.1 Å². The van der Waals surface area contributed by atoms with Crippen LogP contribution < -0.4 is 11.1 Å². The summed E-state index contributed by atoms with van der Waals surface area (Å²) in [6.45, 7) is 1.82. The molecule has 6 nitrogen and oxygen atoms in total. The molecule has 0 spiro atoms. The third-order valence-corrected chi connectivity index (χ3v) is 3.41. The van der Waals surface area contributed by atoms with Crippen LogP contribution in [0.25, 0.3) is 16.9 Å². The lowest BCUT2D eigenvalue weighted by Gasteiger charge is -2.04. The summed E-state index contributed by atoms with van der Waals surface area (Å²) in [4.78, 5) is 11.4. The molecule has 1 heterocycles. The fraction of sp³-hybridized carbons (Fsp3) is 0.118. The lowest BCUT2D eigenvalue weighted by Crippen LogP contribution is -2.08. The highest BCUT2D eigenvalue weighted by atomic mass is 16.1. The summed E-state index contributed by atoms with van der Waals surface area (Å²) in [5.74, 6) is -0.00893. The number of nitrogens with zero attached hydrogens (tertiary/aromatic N) is 3. The molecule has 0 aliphatic rings. The average Bonchev–Trinajstić information content (AvgIpc) is 3.05. The lowest BCUT2D eigenvalue weighted by molar-refractivity contribution is -0.115. The largest absolute Gasteiger partial charge is 0.399 e. The van der Waals surface area contributed by atoms with E-state index < -0.39 is 0 Å². The van der Waals surface area contributed by atoms with Gasteiger partial charge in [-0.3, -0.25) is 4.79 Å². The highest BCUT2D eigenvalue weighted by Gasteiger charge is 2.06. The van der Waals surface area contributed by atoms with Crippen LogP contribution in [-0.4, -0.2) is 20.9 Å². The molecule has 1 amide bonds. The predicted octanol–water partition coefficient (Wildman–Crippen LogP) is 2.87. The van der Waals surface area contributed by atoms with Crippen LogP contribution in [0.5, 0.6) is 0 Å². The fourth-order valence-electron chi connectivity index (χ4n) is 2.16. The van der Waals surface area contributed by atoms with Crippen molar-refractivity contribution in [2.24, 2.45) is 0 Å². The van der Waals surface area contributed by atoms with Crippen molar-refractivity contribution in [1.82, 2.24) is 15.0 Å². The second-order valence-corrected chi connectivity index (χ2v) is 5.12. The molecule has 0 unspecified atom stereocenters. The summed E-state index contributed by atoms with van der Waals surface area (Å²) in [7, 11) is 0. The molecule has 0 fully saturated rings. The number of nitrogens with one attached hydrogen (secondary N) is 1. The normalized spacial score (nSPS) is 10.5. The molecule has 0 bridgehead atoms. The third-order valence-electron chi connectivity index (χ3n) is 3.41. The summed E-state index contributed by atoms with van der Waals surface area (Å²) < 4.78 is 1.68. The van der Waals surface area contributed by atoms with Crippen molar-refractivity contribution in [3.63, 3.8) is 0 Å². The number of nitrogens with two attached hydrogens (primary N) is 1. The van der Waals surface area contributed by atoms with Crippen molar-refractivity contribution in [3.05, 3.63) is 54.7 Å². The maximum Gasteiger partial charge on any atom is 0.224 e. The summed E-state index contributed by atoms with van der Waals surface area (Å²) in [5.41, 5.74) is 9.76. The topological polar surface area (TPSA) is 85.8 Å². The summed E-state index contributed by atoms with van der Waals surface area (Å²) in [5, 5.41) is 11.1. The van der Waals surface area contributed by atoms with Crippen molar-refractivity contribution in [2.75, 3.05) is 11.1 Å². The van der Waals surface area contributed by atoms with Crippen LogP contribution in [0.3, 0.4) is 0 Å². The van der Waals surface area contributed by atoms with E-state index in [0.717, 1.165) is 22.6 Å². The molecule has 0 aliphatic heterocycles. The molecule has 6 heteroatoms. The van der Waals surface area contributed by atoms with Gasteiger partial charge in [-0.25, -0.2) is 4.68 Å². The highest BCUT2D eigenvalue weighted by Crippen LogP contribution is 2.20. The van der Waals surface area contributed by atoms with Gasteiger partial charge in [-0.1, -0.05) is 30.3 Å². The van der Waals surface area contributed by atoms with Crippen LogP contribution in [0.4, 0.5) is 11.4 Å². The second-order valence-electron chi connectivity index (χ2n) is 5.12. The van der Waals surface area contributed by atoms with E-state index in [-0.39, 0.29) is 5.91 Å². The maximum atomic E-state index is 11.4. The monoisotopic (exact) mass is 307 g/mol. The van der Waals surface area contributed by atoms with Gasteiger partial charge >= 0.3 is 0 Å². The molecular formula is C17H17N5O. The molecule has 0 saturated heterocycles. The molecule has 2 aromatic carbocycles. The Bertz CT molecular complexity index is 823. The molecule has 23 heavy (non-hydrogen) atoms. The maximum absolute atomic E-state index is 11.4. The summed E-state index contributed by atoms with van der Waals surface area (Å²) in [6.07, 6.45) is 2.30. The Hall–Kier alpha value is -3.15. The number of anilines is 2. The second kappa shape index (κ2) is 6.31. The van der Waals surface area contributed by atoms with Crippen LogP contribution in [0.2, 0.25) is 0 Å². The molecule has 1 aromatic heterocycles. The molecular weight excluding hydrogens is 290 g/mol. The molecule has 0 saturated carbocycles. The minimum Gasteiger partial charge on any atom is -0.399 e. The number of nitrogen functional groups attached to an aromatic ring is 1. The van der Waals surface area contributed by atoms with Gasteiger partial charge in [0.1, 0.15) is 5.69 Å². The van der Waals surface area contributed by atoms with E-state index in [1.165, 1.54) is 0 Å². The minimum atomic E-state index is -0.00893. The number of carbonyl (C=O) groups is 1. The number of hydrogen-bond acceptors (Lipinski definition) is 4. The number of hydrogen-bond donors (Lipinski definition) is 2. The Morgan fingerprint density at radius 2 is 2.00 bits per heavy atom. The summed E-state index contributed by atoms with van der Waals surface area (Å²) >= 11 is 0. The van der Waals surface area contributed by atoms with E-state index in [2.05, 4.69) is 15.6 Å². The highest BCUT2D eigenvalue weighted by molar-refractivity contribution is 5.90. The van der Waals surface area contributed by atoms with E-state index in [4.69, 9.17) is 5.73 Å². The van der Waals surface area contributed by atoms with Crippen molar-refractivity contribution in [1.29, 1.82) is 0 Å². The van der Waals surface area contributed by atoms with E-state index >= 15 is 0 Å². The van der Waals surface area contributed by atoms with Crippen molar-refractivity contribution >= 4 is 17.3 Å². The van der Waals surface area contributed by atoms with Gasteiger partial charge in [0.2, 0.25) is 5.91 Å². The molecule has 0 atom stereocenters. The quantitative estimate of drug-likeness (QED) is 0.726. The number of amides is 1. The third kappa shape index (κ3) is 3.37. The molecule has 116 valence electrons. The molecule has 3 aromatic rings. The zero-order chi connectivity index (χ0) is 16.2. The predicted molar refractivity (Wildman–Crippen MR) is 90.1 cm³/mol. The molecule has 0 radical (unpaired) electrons. The molecule has 0 aliphatic carbocycles. The zero-order valence-electron chi connectivity index (χ0n) is 12.7. The minimum absolute atomic E-state index is 0.00893. The Labute approximate surface area is 133 Å². The first-order chi connectivity index (χ1) is 11.2. The van der Waals surface area contributed by atoms with E-state index in [0.29, 0.717) is 12.1 Å². The van der Waals surface area contributed by atoms with Gasteiger partial charge in [0.25, 0.3) is 0 Å². The van der Waals surface area contributed by atoms with Crippen molar-refractivity contribution in [3.8, 4) is 16.9 Å². The number of benzene rings is 2. The Kier molecular flexibility index (Phi) is 4.05. The molecule has 3 N–H and O–H groups in total. The van der Waals surface area contributed by atoms with Gasteiger partial charge in [0.05, 0.1) is 11.9 Å². The van der Waals surface area contributed by atoms with E-state index in [1.807, 2.05) is 61.7 Å². The lowest BCUT2D eigenvalue weighted by atomic mass is 10.1. The van der Waals surface area contributed by atoms with Crippen LogP contribution >= 0.6 is 0 Å². The van der Waals surface area contributed by atoms with Crippen LogP contribution in [-0.2, 0) is 4.79 Å². The van der Waals surface area contributed by atoms with Crippen LogP contribution in [0.15, 0.2) is 54.7 Å². The van der Waals surface area contributed by atoms with Crippen LogP contribution in [0, 0.1) is 0 Å². The Balaban J connectivity index is 1.81. The van der Waals surface area contributed by atoms with Crippen molar-refractivity contribution < 1.29 is 4.79 Å². The standard InChI is InChI=1S/C17H17N5O/c1-2-17(23)19-14-8-6-12(7-9-14)16-11-22(21-20-16)15-5-3-4-13(18)10-15/h3-11H,2,18H2,1H3,(H,19,23). The first-order valence-electron chi connectivity index (χ1n) is 7.34. The van der Waals surface area contributed by atoms with E-state index in [1.54, 1.807) is 4.68 Å². The van der Waals surface area contributed by atoms with Crippen LogP contribution in [0.1, 0.15) is 13.3 Å². The fourth-order valence-corrected chi connectivity index (χ4v) is 2.16. The Morgan fingerprint density at radius 1 is 1.22 bits per heavy atom. The summed E-state index contributed by atoms with van der Waals surface area (Å²) in [6, 6.07) is 14.9. The average molecular weight is 307 g/mol. The smallest absolute Gasteiger partial charge is 0.224 e. The van der Waals surface area contributed by atoms with Crippen molar-refractivity contribution in [2.45, 2.75) is 13.3 Å². The van der Waals surface area contributed by atoms with Gasteiger partial charge in [-0.15, -0.1) is 5.10 Å². The zero-order valence-corrected chi connectivity index (χ0v) is 12.7. The molecule has 3 rings (SSSR count). The number of aromatic nitrogens is 3. The van der Waals surface area contributed by atoms with Gasteiger partial charge in [0.15, 0.2) is 0 Å². The first kappa shape index (κ1) is 14.8. The van der Waals surface area contributed by atoms with Gasteiger partial charge in [0, 0.05) is 23.4 Å². The first-order valence-corrected chi connectivity index (χ1v) is 7.34. The Morgan fingerprint density at radius 3 is 2.70 bits per heavy atom. The van der Waals surface area contributed by atoms with E-state index in [9.17, 15) is 4.79 Å². The number of carbonyl (C=O) groups excluding carboxylic acids is 1. The van der Waals surface area contributed by atoms with Gasteiger partial charge in [-0.2, -0.15) is 0 Å². The van der Waals surface area contributed by atoms with Gasteiger partial charge in [-0.05, 0) is 30.3 Å².